The SMILES string of the molecule is Cc1ccc(C(=O)O)nc1CCN(C)C. The lowest BCUT2D eigenvalue weighted by molar-refractivity contribution is 0.0690. The quantitative estimate of drug-likeness (QED) is 0.807. The van der Waals surface area contributed by atoms with Gasteiger partial charge >= 0.3 is 5.97 Å². The number of carbonyl (C=O) groups is 1. The molecule has 0 spiro atoms. The predicted octanol–water partition coefficient (Wildman–Crippen LogP) is 1.19. The zero-order valence-corrected chi connectivity index (χ0v) is 9.32. The van der Waals surface area contributed by atoms with Crippen LogP contribution in [0.15, 0.2) is 12.1 Å². The monoisotopic (exact) mass is 208 g/mol. The van der Waals surface area contributed by atoms with E-state index in [9.17, 15) is 4.79 Å². The smallest absolute Gasteiger partial charge is 0.354 e. The van der Waals surface area contributed by atoms with Crippen LogP contribution in [0.5, 0.6) is 0 Å². The van der Waals surface area contributed by atoms with E-state index in [0.717, 1.165) is 24.2 Å². The van der Waals surface area contributed by atoms with Crippen LogP contribution in [-0.4, -0.2) is 41.6 Å². The van der Waals surface area contributed by atoms with Gasteiger partial charge in [0, 0.05) is 18.7 Å². The molecule has 0 aliphatic heterocycles. The van der Waals surface area contributed by atoms with Gasteiger partial charge in [-0.15, -0.1) is 0 Å². The average molecular weight is 208 g/mol. The molecule has 4 heteroatoms. The van der Waals surface area contributed by atoms with Crippen molar-refractivity contribution in [2.75, 3.05) is 20.6 Å². The molecule has 0 amide bonds. The summed E-state index contributed by atoms with van der Waals surface area (Å²) in [7, 11) is 3.97. The molecule has 1 aromatic rings. The van der Waals surface area contributed by atoms with E-state index in [1.54, 1.807) is 6.07 Å². The van der Waals surface area contributed by atoms with Crippen molar-refractivity contribution in [1.29, 1.82) is 0 Å². The molecule has 1 aromatic heterocycles. The molecule has 15 heavy (non-hydrogen) atoms. The Labute approximate surface area is 89.6 Å². The molecule has 82 valence electrons. The van der Waals surface area contributed by atoms with Gasteiger partial charge in [-0.1, -0.05) is 6.07 Å². The summed E-state index contributed by atoms with van der Waals surface area (Å²) in [5.41, 5.74) is 2.03. The number of carboxylic acids is 1. The molecule has 0 radical (unpaired) electrons. The van der Waals surface area contributed by atoms with Crippen LogP contribution in [0.3, 0.4) is 0 Å². The summed E-state index contributed by atoms with van der Waals surface area (Å²) < 4.78 is 0. The van der Waals surface area contributed by atoms with Gasteiger partial charge in [0.05, 0.1) is 0 Å². The summed E-state index contributed by atoms with van der Waals surface area (Å²) in [6.07, 6.45) is 0.778. The normalized spacial score (nSPS) is 10.7. The number of hydrogen-bond acceptors (Lipinski definition) is 3. The van der Waals surface area contributed by atoms with Crippen LogP contribution >= 0.6 is 0 Å². The molecular weight excluding hydrogens is 192 g/mol. The fourth-order valence-corrected chi connectivity index (χ4v) is 1.27. The number of hydrogen-bond donors (Lipinski definition) is 1. The molecule has 0 aliphatic carbocycles. The molecule has 0 saturated heterocycles. The predicted molar refractivity (Wildman–Crippen MR) is 58.2 cm³/mol. The molecule has 1 rings (SSSR count). The van der Waals surface area contributed by atoms with Crippen molar-refractivity contribution in [3.8, 4) is 0 Å². The highest BCUT2D eigenvalue weighted by atomic mass is 16.4. The van der Waals surface area contributed by atoms with E-state index in [4.69, 9.17) is 5.11 Å². The van der Waals surface area contributed by atoms with Crippen LogP contribution in [0.1, 0.15) is 21.7 Å². The van der Waals surface area contributed by atoms with E-state index in [1.165, 1.54) is 6.07 Å². The summed E-state index contributed by atoms with van der Waals surface area (Å²) >= 11 is 0. The summed E-state index contributed by atoms with van der Waals surface area (Å²) in [5, 5.41) is 8.80. The van der Waals surface area contributed by atoms with Crippen molar-refractivity contribution in [3.63, 3.8) is 0 Å². The lowest BCUT2D eigenvalue weighted by Crippen LogP contribution is -2.17. The van der Waals surface area contributed by atoms with Crippen LogP contribution in [0, 0.1) is 6.92 Å². The Hall–Kier alpha value is -1.42. The van der Waals surface area contributed by atoms with Crippen molar-refractivity contribution in [3.05, 3.63) is 29.1 Å². The van der Waals surface area contributed by atoms with E-state index in [0.29, 0.717) is 0 Å². The molecule has 0 saturated carbocycles. The Balaban J connectivity index is 2.85. The van der Waals surface area contributed by atoms with Gasteiger partial charge in [-0.25, -0.2) is 9.78 Å². The minimum absolute atomic E-state index is 0.120. The number of pyridine rings is 1. The van der Waals surface area contributed by atoms with Crippen LogP contribution in [-0.2, 0) is 6.42 Å². The van der Waals surface area contributed by atoms with Gasteiger partial charge in [0.1, 0.15) is 5.69 Å². The largest absolute Gasteiger partial charge is 0.477 e. The van der Waals surface area contributed by atoms with Crippen molar-refractivity contribution in [1.82, 2.24) is 9.88 Å². The third kappa shape index (κ3) is 3.32. The molecule has 1 heterocycles. The first-order valence-electron chi connectivity index (χ1n) is 4.85. The minimum atomic E-state index is -0.971. The lowest BCUT2D eigenvalue weighted by Gasteiger charge is -2.10. The number of aromatic nitrogens is 1. The lowest BCUT2D eigenvalue weighted by atomic mass is 10.1. The third-order valence-corrected chi connectivity index (χ3v) is 2.22. The van der Waals surface area contributed by atoms with E-state index in [1.807, 2.05) is 21.0 Å². The first kappa shape index (κ1) is 11.7. The van der Waals surface area contributed by atoms with Gasteiger partial charge in [-0.3, -0.25) is 0 Å². The Morgan fingerprint density at radius 2 is 2.13 bits per heavy atom. The Morgan fingerprint density at radius 1 is 1.47 bits per heavy atom. The fourth-order valence-electron chi connectivity index (χ4n) is 1.27. The molecule has 0 aromatic carbocycles. The highest BCUT2D eigenvalue weighted by molar-refractivity contribution is 5.85. The molecule has 0 unspecified atom stereocenters. The summed E-state index contributed by atoms with van der Waals surface area (Å²) in [4.78, 5) is 16.9. The van der Waals surface area contributed by atoms with Gasteiger partial charge in [0.2, 0.25) is 0 Å². The zero-order chi connectivity index (χ0) is 11.4. The van der Waals surface area contributed by atoms with Gasteiger partial charge < -0.3 is 10.0 Å². The van der Waals surface area contributed by atoms with Gasteiger partial charge in [-0.2, -0.15) is 0 Å². The second-order valence-electron chi connectivity index (χ2n) is 3.82. The third-order valence-electron chi connectivity index (χ3n) is 2.22. The highest BCUT2D eigenvalue weighted by Gasteiger charge is 2.07. The Morgan fingerprint density at radius 3 is 2.67 bits per heavy atom. The molecule has 4 nitrogen and oxygen atoms in total. The first-order chi connectivity index (χ1) is 7.00. The Bertz CT molecular complexity index is 362. The van der Waals surface area contributed by atoms with Crippen molar-refractivity contribution in [2.24, 2.45) is 0 Å². The maximum absolute atomic E-state index is 10.7. The number of likely N-dealkylation sites (N-methyl/N-ethyl adjacent to an activating group) is 1. The number of rotatable bonds is 4. The van der Waals surface area contributed by atoms with Gasteiger partial charge in [0.15, 0.2) is 0 Å². The number of aryl methyl sites for hydroxylation is 1. The molecule has 1 N–H and O–H groups in total. The van der Waals surface area contributed by atoms with Crippen molar-refractivity contribution >= 4 is 5.97 Å². The maximum atomic E-state index is 10.7. The Kier molecular flexibility index (Phi) is 3.80. The molecular formula is C11H16N2O2. The summed E-state index contributed by atoms with van der Waals surface area (Å²) in [6, 6.07) is 3.35. The standard InChI is InChI=1S/C11H16N2O2/c1-8-4-5-10(11(14)15)12-9(8)6-7-13(2)3/h4-5H,6-7H2,1-3H3,(H,14,15). The highest BCUT2D eigenvalue weighted by Crippen LogP contribution is 2.07. The number of aromatic carboxylic acids is 1. The first-order valence-corrected chi connectivity index (χ1v) is 4.85. The van der Waals surface area contributed by atoms with Gasteiger partial charge in [0.25, 0.3) is 0 Å². The number of nitrogens with zero attached hydrogens (tertiary/aromatic N) is 2. The molecule has 0 bridgehead atoms. The zero-order valence-electron chi connectivity index (χ0n) is 9.32. The summed E-state index contributed by atoms with van der Waals surface area (Å²) in [6.45, 7) is 2.82. The summed E-state index contributed by atoms with van der Waals surface area (Å²) in [5.74, 6) is -0.971. The number of carboxylic acid groups (broad SMARTS) is 1. The molecule has 0 aliphatic rings. The van der Waals surface area contributed by atoms with E-state index in [2.05, 4.69) is 9.88 Å². The van der Waals surface area contributed by atoms with Crippen molar-refractivity contribution in [2.45, 2.75) is 13.3 Å². The van der Waals surface area contributed by atoms with Crippen LogP contribution < -0.4 is 0 Å². The van der Waals surface area contributed by atoms with E-state index >= 15 is 0 Å². The van der Waals surface area contributed by atoms with Crippen molar-refractivity contribution < 1.29 is 9.90 Å². The van der Waals surface area contributed by atoms with E-state index < -0.39 is 5.97 Å². The minimum Gasteiger partial charge on any atom is -0.477 e. The average Bonchev–Trinajstić information content (AvgIpc) is 2.16. The van der Waals surface area contributed by atoms with Crippen LogP contribution in [0.25, 0.3) is 0 Å². The molecule has 0 fully saturated rings. The topological polar surface area (TPSA) is 53.4 Å². The second kappa shape index (κ2) is 4.89. The fraction of sp³-hybridized carbons (Fsp3) is 0.455. The van der Waals surface area contributed by atoms with Crippen LogP contribution in [0.4, 0.5) is 0 Å². The molecule has 0 atom stereocenters. The van der Waals surface area contributed by atoms with Gasteiger partial charge in [-0.05, 0) is 32.6 Å². The second-order valence-corrected chi connectivity index (χ2v) is 3.82. The van der Waals surface area contributed by atoms with E-state index in [-0.39, 0.29) is 5.69 Å². The van der Waals surface area contributed by atoms with Crippen LogP contribution in [0.2, 0.25) is 0 Å². The maximum Gasteiger partial charge on any atom is 0.354 e.